The van der Waals surface area contributed by atoms with E-state index >= 15 is 0 Å². The molecule has 0 aliphatic rings. The van der Waals surface area contributed by atoms with Crippen LogP contribution < -0.4 is 3.86 Å². The fourth-order valence-electron chi connectivity index (χ4n) is 2.57. The van der Waals surface area contributed by atoms with Gasteiger partial charge in [0, 0.05) is 0 Å². The second kappa shape index (κ2) is 10.9. The second-order valence-corrected chi connectivity index (χ2v) is 6.47. The monoisotopic (exact) mass is 347 g/mol. The van der Waals surface area contributed by atoms with E-state index < -0.39 is 15.5 Å². The van der Waals surface area contributed by atoms with Gasteiger partial charge in [-0.1, -0.05) is 27.7 Å². The first-order valence-corrected chi connectivity index (χ1v) is 9.74. The van der Waals surface area contributed by atoms with Crippen molar-refractivity contribution in [2.24, 2.45) is 0 Å². The Morgan fingerprint density at radius 2 is 0.889 bits per heavy atom. The molecule has 0 aromatic rings. The van der Waals surface area contributed by atoms with Crippen molar-refractivity contribution in [2.45, 2.75) is 53.4 Å². The summed E-state index contributed by atoms with van der Waals surface area (Å²) in [5, 5.41) is 0. The number of nitrogens with zero attached hydrogens (tertiary/aromatic N) is 1. The molecule has 0 aliphatic carbocycles. The van der Waals surface area contributed by atoms with E-state index in [0.717, 1.165) is 0 Å². The summed E-state index contributed by atoms with van der Waals surface area (Å²) in [6, 6.07) is 0. The molecule has 0 spiro atoms. The van der Waals surface area contributed by atoms with E-state index in [-0.39, 0.29) is 0 Å². The van der Waals surface area contributed by atoms with Gasteiger partial charge in [-0.05, 0) is 25.7 Å². The average Bonchev–Trinajstić information content (AvgIpc) is 2.16. The van der Waals surface area contributed by atoms with Gasteiger partial charge in [0.1, 0.15) is 0 Å². The summed E-state index contributed by atoms with van der Waals surface area (Å²) in [6.45, 7) is 14.8. The van der Waals surface area contributed by atoms with E-state index in [1.807, 2.05) is 0 Å². The summed E-state index contributed by atoms with van der Waals surface area (Å²) in [6.07, 6.45) is 5.33. The summed E-state index contributed by atoms with van der Waals surface area (Å²) in [5.74, 6) is 0. The van der Waals surface area contributed by atoms with Crippen molar-refractivity contribution in [1.82, 2.24) is 0 Å². The number of quaternary nitrogens is 1. The van der Waals surface area contributed by atoms with Crippen LogP contribution in [-0.4, -0.2) is 30.7 Å². The van der Waals surface area contributed by atoms with E-state index in [4.69, 9.17) is 14.4 Å². The van der Waals surface area contributed by atoms with Gasteiger partial charge in [0.25, 0.3) is 0 Å². The Kier molecular flexibility index (Phi) is 12.2. The molecule has 0 atom stereocenters. The van der Waals surface area contributed by atoms with Gasteiger partial charge >= 0.3 is 29.9 Å². The molecular weight excluding hydrogens is 320 g/mol. The zero-order valence-corrected chi connectivity index (χ0v) is 14.0. The molecule has 0 N–H and O–H groups in total. The summed E-state index contributed by atoms with van der Waals surface area (Å²) in [4.78, 5) is 0. The van der Waals surface area contributed by atoms with Gasteiger partial charge in [0.2, 0.25) is 0 Å². The Morgan fingerprint density at radius 1 is 0.722 bits per heavy atom. The predicted molar refractivity (Wildman–Crippen MR) is 63.0 cm³/mol. The molecule has 112 valence electrons. The maximum atomic E-state index is 8.62. The molecule has 0 saturated heterocycles. The first-order chi connectivity index (χ1) is 8.24. The zero-order valence-electron chi connectivity index (χ0n) is 12.1. The Bertz CT molecular complexity index is 288. The van der Waals surface area contributed by atoms with E-state index in [1.165, 1.54) is 56.3 Å². The Morgan fingerprint density at radius 3 is 1.00 bits per heavy atom. The minimum absolute atomic E-state index is 1.33. The van der Waals surface area contributed by atoms with Crippen LogP contribution in [0.4, 0.5) is 0 Å². The van der Waals surface area contributed by atoms with Crippen molar-refractivity contribution in [3.05, 3.63) is 0 Å². The maximum absolute atomic E-state index is 8.62. The summed E-state index contributed by atoms with van der Waals surface area (Å²) < 4.78 is 35.8. The molecule has 0 bridgehead atoms. The normalized spacial score (nSPS) is 11.8. The third kappa shape index (κ3) is 14.0. The fourth-order valence-corrected chi connectivity index (χ4v) is 2.57. The summed E-state index contributed by atoms with van der Waals surface area (Å²) in [5.41, 5.74) is 0. The minimum atomic E-state index is -5.94. The Hall–Kier alpha value is -0.0306. The molecule has 0 aliphatic heterocycles. The molecule has 0 rings (SSSR count). The molecule has 0 fully saturated rings. The molecule has 18 heavy (non-hydrogen) atoms. The topological polar surface area (TPSA) is 74.3 Å². The van der Waals surface area contributed by atoms with Crippen molar-refractivity contribution in [3.63, 3.8) is 0 Å². The van der Waals surface area contributed by atoms with Crippen LogP contribution in [0.5, 0.6) is 0 Å². The van der Waals surface area contributed by atoms with Gasteiger partial charge in [-0.3, -0.25) is 0 Å². The van der Waals surface area contributed by atoms with E-state index in [2.05, 4.69) is 27.7 Å². The Balaban J connectivity index is 0. The molecule has 5 nitrogen and oxygen atoms in total. The molecule has 0 saturated carbocycles. The van der Waals surface area contributed by atoms with Crippen LogP contribution in [-0.2, 0) is 26.0 Å². The molecule has 0 heterocycles. The first kappa shape index (κ1) is 20.3. The van der Waals surface area contributed by atoms with Crippen LogP contribution in [0.3, 0.4) is 0 Å². The molecule has 6 heteroatoms. The molecular formula is C12H28NO4Tc. The van der Waals surface area contributed by atoms with E-state index in [9.17, 15) is 0 Å². The quantitative estimate of drug-likeness (QED) is 0.628. The number of rotatable bonds is 8. The van der Waals surface area contributed by atoms with Crippen LogP contribution in [0, 0.1) is 0 Å². The van der Waals surface area contributed by atoms with Crippen molar-refractivity contribution >= 4 is 0 Å². The van der Waals surface area contributed by atoms with Crippen LogP contribution in [0.2, 0.25) is 0 Å². The molecule has 0 radical (unpaired) electrons. The number of hydrogen-bond donors (Lipinski definition) is 0. The van der Waals surface area contributed by atoms with Crippen molar-refractivity contribution < 1.29 is 34.4 Å². The average molecular weight is 348 g/mol. The SMILES string of the molecule is CCC[N+](CCC)(CCC)CCC.[O]=[Tc](=[O])(=[O])[O-]. The summed E-state index contributed by atoms with van der Waals surface area (Å²) in [7, 11) is 0. The van der Waals surface area contributed by atoms with Crippen LogP contribution >= 0.6 is 0 Å². The standard InChI is InChI=1S/C12H28N.4O.Tc/c1-5-9-13(10-6-2,11-7-3)12-8-4;;;;;/h5-12H2,1-4H3;;;;;/q+1;;;;-1;. The van der Waals surface area contributed by atoms with E-state index in [1.54, 1.807) is 0 Å². The van der Waals surface area contributed by atoms with Gasteiger partial charge in [-0.15, -0.1) is 0 Å². The third-order valence-corrected chi connectivity index (χ3v) is 2.79. The zero-order chi connectivity index (χ0) is 14.7. The van der Waals surface area contributed by atoms with Gasteiger partial charge in [-0.2, -0.15) is 0 Å². The third-order valence-electron chi connectivity index (χ3n) is 2.79. The molecule has 0 amide bonds. The van der Waals surface area contributed by atoms with Crippen molar-refractivity contribution in [1.29, 1.82) is 0 Å². The van der Waals surface area contributed by atoms with Crippen molar-refractivity contribution in [2.75, 3.05) is 26.2 Å². The van der Waals surface area contributed by atoms with Gasteiger partial charge in [0.05, 0.1) is 26.2 Å². The predicted octanol–water partition coefficient (Wildman–Crippen LogP) is 1.90. The molecule has 0 aromatic carbocycles. The molecule has 0 aromatic heterocycles. The van der Waals surface area contributed by atoms with E-state index in [0.29, 0.717) is 0 Å². The molecule has 0 unspecified atom stereocenters. The summed E-state index contributed by atoms with van der Waals surface area (Å²) >= 11 is -5.94. The second-order valence-electron chi connectivity index (χ2n) is 4.61. The fraction of sp³-hybridized carbons (Fsp3) is 1.00. The van der Waals surface area contributed by atoms with Gasteiger partial charge in [-0.25, -0.2) is 0 Å². The van der Waals surface area contributed by atoms with Crippen LogP contribution in [0.25, 0.3) is 0 Å². The number of hydrogen-bond acceptors (Lipinski definition) is 4. The van der Waals surface area contributed by atoms with Crippen LogP contribution in [0.1, 0.15) is 53.4 Å². The van der Waals surface area contributed by atoms with Gasteiger partial charge in [0.15, 0.2) is 0 Å². The van der Waals surface area contributed by atoms with Crippen molar-refractivity contribution in [3.8, 4) is 0 Å². The van der Waals surface area contributed by atoms with Gasteiger partial charge < -0.3 is 4.48 Å². The van der Waals surface area contributed by atoms with Crippen LogP contribution in [0.15, 0.2) is 0 Å². The Labute approximate surface area is 114 Å². The first-order valence-electron chi connectivity index (χ1n) is 6.71.